The third kappa shape index (κ3) is 3.06. The number of carbonyl (C=O) groups is 1. The minimum absolute atomic E-state index is 0.327. The van der Waals surface area contributed by atoms with Crippen molar-refractivity contribution < 1.29 is 9.18 Å². The molecule has 96 valence electrons. The molecule has 0 aromatic carbocycles. The molecule has 0 atom stereocenters. The van der Waals surface area contributed by atoms with Crippen molar-refractivity contribution in [1.29, 1.82) is 0 Å². The number of hydrogen-bond acceptors (Lipinski definition) is 4. The summed E-state index contributed by atoms with van der Waals surface area (Å²) in [5.74, 6) is -0.0478. The van der Waals surface area contributed by atoms with Crippen LogP contribution in [0.25, 0.3) is 11.2 Å². The molecule has 2 aromatic rings. The van der Waals surface area contributed by atoms with E-state index in [2.05, 4.69) is 25.6 Å². The molecule has 0 unspecified atom stereocenters. The lowest BCUT2D eigenvalue weighted by atomic mass is 10.4. The first kappa shape index (κ1) is 12.1. The third-order valence-electron chi connectivity index (χ3n) is 2.26. The summed E-state index contributed by atoms with van der Waals surface area (Å²) in [5, 5.41) is 5.48. The van der Waals surface area contributed by atoms with Crippen LogP contribution in [0.5, 0.6) is 0 Å². The summed E-state index contributed by atoms with van der Waals surface area (Å²) in [5.41, 5.74) is 5.91. The number of aromatic nitrogens is 3. The van der Waals surface area contributed by atoms with Crippen LogP contribution in [0, 0.1) is 5.95 Å². The van der Waals surface area contributed by atoms with E-state index in [9.17, 15) is 9.18 Å². The highest BCUT2D eigenvalue weighted by atomic mass is 19.1. The van der Waals surface area contributed by atoms with Gasteiger partial charge in [0.1, 0.15) is 0 Å². The number of amides is 2. The number of hydrogen-bond donors (Lipinski definition) is 4. The molecule has 0 aliphatic carbocycles. The number of urea groups is 1. The average Bonchev–Trinajstić information content (AvgIpc) is 2.70. The van der Waals surface area contributed by atoms with Gasteiger partial charge in [0.2, 0.25) is 11.9 Å². The SMILES string of the molecule is NC(=O)NCCCNc1nc2nc(F)ccc2[nH]1. The molecule has 0 saturated carbocycles. The van der Waals surface area contributed by atoms with Gasteiger partial charge < -0.3 is 21.4 Å². The highest BCUT2D eigenvalue weighted by molar-refractivity contribution is 5.73. The van der Waals surface area contributed by atoms with Crippen molar-refractivity contribution in [3.8, 4) is 0 Å². The zero-order valence-electron chi connectivity index (χ0n) is 9.53. The van der Waals surface area contributed by atoms with Crippen LogP contribution in [0.3, 0.4) is 0 Å². The Morgan fingerprint density at radius 3 is 3.00 bits per heavy atom. The van der Waals surface area contributed by atoms with Gasteiger partial charge in [-0.05, 0) is 18.6 Å². The second-order valence-electron chi connectivity index (χ2n) is 3.66. The van der Waals surface area contributed by atoms with Crippen molar-refractivity contribution >= 4 is 23.1 Å². The maximum absolute atomic E-state index is 12.8. The number of nitrogens with zero attached hydrogens (tertiary/aromatic N) is 2. The van der Waals surface area contributed by atoms with E-state index in [4.69, 9.17) is 5.73 Å². The number of carbonyl (C=O) groups excluding carboxylic acids is 1. The molecule has 2 heterocycles. The number of anilines is 1. The number of fused-ring (bicyclic) bond motifs is 1. The van der Waals surface area contributed by atoms with Crippen molar-refractivity contribution in [2.75, 3.05) is 18.4 Å². The topological polar surface area (TPSA) is 109 Å². The molecule has 0 aliphatic rings. The number of rotatable bonds is 5. The van der Waals surface area contributed by atoms with Crippen LogP contribution in [-0.4, -0.2) is 34.1 Å². The molecule has 2 amide bonds. The van der Waals surface area contributed by atoms with Gasteiger partial charge in [-0.25, -0.2) is 4.79 Å². The molecule has 7 nitrogen and oxygen atoms in total. The fourth-order valence-electron chi connectivity index (χ4n) is 1.46. The van der Waals surface area contributed by atoms with E-state index >= 15 is 0 Å². The molecular formula is C10H13FN6O. The van der Waals surface area contributed by atoms with Gasteiger partial charge in [0.15, 0.2) is 5.65 Å². The minimum atomic E-state index is -0.564. The average molecular weight is 252 g/mol. The Morgan fingerprint density at radius 1 is 1.39 bits per heavy atom. The van der Waals surface area contributed by atoms with Crippen molar-refractivity contribution in [3.05, 3.63) is 18.1 Å². The predicted octanol–water partition coefficient (Wildman–Crippen LogP) is 0.567. The van der Waals surface area contributed by atoms with Crippen LogP contribution >= 0.6 is 0 Å². The Bertz CT molecular complexity index is 554. The van der Waals surface area contributed by atoms with Crippen LogP contribution in [0.4, 0.5) is 15.1 Å². The summed E-state index contributed by atoms with van der Waals surface area (Å²) in [6, 6.07) is 2.30. The number of nitrogens with two attached hydrogens (primary N) is 1. The number of halogens is 1. The Labute approximate surface area is 102 Å². The van der Waals surface area contributed by atoms with Crippen LogP contribution in [0.2, 0.25) is 0 Å². The summed E-state index contributed by atoms with van der Waals surface area (Å²) in [7, 11) is 0. The molecular weight excluding hydrogens is 239 g/mol. The largest absolute Gasteiger partial charge is 0.356 e. The van der Waals surface area contributed by atoms with Gasteiger partial charge in [0.05, 0.1) is 5.52 Å². The van der Waals surface area contributed by atoms with Gasteiger partial charge in [0.25, 0.3) is 0 Å². The normalized spacial score (nSPS) is 10.5. The second kappa shape index (κ2) is 5.30. The fourth-order valence-corrected chi connectivity index (χ4v) is 1.46. The van der Waals surface area contributed by atoms with Crippen LogP contribution in [0.15, 0.2) is 12.1 Å². The van der Waals surface area contributed by atoms with E-state index in [1.54, 1.807) is 6.07 Å². The van der Waals surface area contributed by atoms with Crippen LogP contribution < -0.4 is 16.4 Å². The maximum atomic E-state index is 12.8. The van der Waals surface area contributed by atoms with Gasteiger partial charge >= 0.3 is 6.03 Å². The van der Waals surface area contributed by atoms with Gasteiger partial charge in [-0.2, -0.15) is 14.4 Å². The van der Waals surface area contributed by atoms with E-state index in [0.717, 1.165) is 0 Å². The number of aromatic amines is 1. The van der Waals surface area contributed by atoms with Crippen molar-refractivity contribution in [3.63, 3.8) is 0 Å². The summed E-state index contributed by atoms with van der Waals surface area (Å²) in [4.78, 5) is 21.1. The quantitative estimate of drug-likeness (QED) is 0.460. The van der Waals surface area contributed by atoms with Gasteiger partial charge in [-0.15, -0.1) is 0 Å². The molecule has 8 heteroatoms. The van der Waals surface area contributed by atoms with Crippen molar-refractivity contribution in [1.82, 2.24) is 20.3 Å². The van der Waals surface area contributed by atoms with Crippen molar-refractivity contribution in [2.24, 2.45) is 5.73 Å². The Balaban J connectivity index is 1.86. The van der Waals surface area contributed by atoms with E-state index < -0.39 is 12.0 Å². The molecule has 0 radical (unpaired) electrons. The minimum Gasteiger partial charge on any atom is -0.356 e. The summed E-state index contributed by atoms with van der Waals surface area (Å²) < 4.78 is 12.8. The monoisotopic (exact) mass is 252 g/mol. The molecule has 0 saturated heterocycles. The zero-order valence-corrected chi connectivity index (χ0v) is 9.53. The fraction of sp³-hybridized carbons (Fsp3) is 0.300. The second-order valence-corrected chi connectivity index (χ2v) is 3.66. The molecule has 18 heavy (non-hydrogen) atoms. The molecule has 5 N–H and O–H groups in total. The molecule has 0 spiro atoms. The number of primary amides is 1. The standard InChI is InChI=1S/C10H13FN6O/c11-7-3-2-6-8(16-7)17-10(15-6)14-5-1-4-13-9(12)18/h2-3H,1,4-5H2,(H3,12,13,18)(H2,14,15,16,17). The third-order valence-corrected chi connectivity index (χ3v) is 2.26. The first-order chi connectivity index (χ1) is 8.65. The lowest BCUT2D eigenvalue weighted by molar-refractivity contribution is 0.249. The Hall–Kier alpha value is -2.38. The van der Waals surface area contributed by atoms with E-state index in [-0.39, 0.29) is 0 Å². The Morgan fingerprint density at radius 2 is 2.22 bits per heavy atom. The highest BCUT2D eigenvalue weighted by Gasteiger charge is 2.04. The number of H-pyrrole nitrogens is 1. The number of imidazole rings is 1. The molecule has 0 bridgehead atoms. The van der Waals surface area contributed by atoms with Gasteiger partial charge in [0, 0.05) is 13.1 Å². The summed E-state index contributed by atoms with van der Waals surface area (Å²) in [6.07, 6.45) is 0.696. The van der Waals surface area contributed by atoms with Crippen LogP contribution in [-0.2, 0) is 0 Å². The van der Waals surface area contributed by atoms with E-state index in [1.165, 1.54) is 6.07 Å². The summed E-state index contributed by atoms with van der Waals surface area (Å²) in [6.45, 7) is 1.08. The van der Waals surface area contributed by atoms with E-state index in [1.807, 2.05) is 0 Å². The molecule has 0 fully saturated rings. The molecule has 2 rings (SSSR count). The first-order valence-electron chi connectivity index (χ1n) is 5.44. The lowest BCUT2D eigenvalue weighted by Crippen LogP contribution is -2.30. The predicted molar refractivity (Wildman–Crippen MR) is 64.5 cm³/mol. The zero-order chi connectivity index (χ0) is 13.0. The van der Waals surface area contributed by atoms with E-state index in [0.29, 0.717) is 36.6 Å². The maximum Gasteiger partial charge on any atom is 0.312 e. The van der Waals surface area contributed by atoms with Crippen molar-refractivity contribution in [2.45, 2.75) is 6.42 Å². The highest BCUT2D eigenvalue weighted by Crippen LogP contribution is 2.11. The van der Waals surface area contributed by atoms with Crippen LogP contribution in [0.1, 0.15) is 6.42 Å². The van der Waals surface area contributed by atoms with Gasteiger partial charge in [-0.3, -0.25) is 0 Å². The lowest BCUT2D eigenvalue weighted by Gasteiger charge is -2.02. The Kier molecular flexibility index (Phi) is 3.56. The smallest absolute Gasteiger partial charge is 0.312 e. The number of pyridine rings is 1. The summed E-state index contributed by atoms with van der Waals surface area (Å²) >= 11 is 0. The van der Waals surface area contributed by atoms with Gasteiger partial charge in [-0.1, -0.05) is 0 Å². The molecule has 2 aromatic heterocycles. The number of nitrogens with one attached hydrogen (secondary N) is 3. The first-order valence-corrected chi connectivity index (χ1v) is 5.44. The molecule has 0 aliphatic heterocycles.